The van der Waals surface area contributed by atoms with Crippen molar-refractivity contribution in [2.45, 2.75) is 19.8 Å². The van der Waals surface area contributed by atoms with Crippen molar-refractivity contribution >= 4 is 17.5 Å². The number of fused-ring (bicyclic) bond motifs is 1. The maximum atomic E-state index is 12.5. The first-order chi connectivity index (χ1) is 13.0. The molecule has 0 atom stereocenters. The number of carbonyl (C=O) groups excluding carboxylic acids is 1. The van der Waals surface area contributed by atoms with Crippen LogP contribution in [0, 0.1) is 12.8 Å². The molecule has 0 unspecified atom stereocenters. The molecule has 0 radical (unpaired) electrons. The maximum Gasteiger partial charge on any atom is 0.256 e. The third-order valence-corrected chi connectivity index (χ3v) is 5.13. The zero-order valence-corrected chi connectivity index (χ0v) is 15.9. The van der Waals surface area contributed by atoms with Crippen molar-refractivity contribution in [1.29, 1.82) is 0 Å². The molecule has 1 amide bonds. The van der Waals surface area contributed by atoms with Crippen LogP contribution in [-0.2, 0) is 7.05 Å². The van der Waals surface area contributed by atoms with Crippen molar-refractivity contribution in [1.82, 2.24) is 34.3 Å². The van der Waals surface area contributed by atoms with E-state index in [1.54, 1.807) is 21.6 Å². The Bertz CT molecular complexity index is 953. The zero-order chi connectivity index (χ0) is 19.0. The molecule has 4 heterocycles. The van der Waals surface area contributed by atoms with Gasteiger partial charge in [-0.25, -0.2) is 4.98 Å². The van der Waals surface area contributed by atoms with Gasteiger partial charge in [0.25, 0.3) is 11.7 Å². The Labute approximate surface area is 157 Å². The van der Waals surface area contributed by atoms with Gasteiger partial charge >= 0.3 is 0 Å². The van der Waals surface area contributed by atoms with Crippen LogP contribution in [0.25, 0.3) is 5.78 Å². The largest absolute Gasteiger partial charge is 0.356 e. The molecule has 142 valence electrons. The van der Waals surface area contributed by atoms with Crippen molar-refractivity contribution in [3.05, 3.63) is 36.0 Å². The average Bonchev–Trinajstić information content (AvgIpc) is 3.29. The summed E-state index contributed by atoms with van der Waals surface area (Å²) in [6.45, 7) is 4.59. The first kappa shape index (κ1) is 17.4. The smallest absolute Gasteiger partial charge is 0.256 e. The summed E-state index contributed by atoms with van der Waals surface area (Å²) in [6.07, 6.45) is 6.98. The highest BCUT2D eigenvalue weighted by molar-refractivity contribution is 5.93. The molecule has 9 nitrogen and oxygen atoms in total. The van der Waals surface area contributed by atoms with E-state index in [2.05, 4.69) is 31.1 Å². The molecule has 4 rings (SSSR count). The minimum absolute atomic E-state index is 0.0274. The van der Waals surface area contributed by atoms with E-state index in [1.807, 2.05) is 25.9 Å². The Morgan fingerprint density at radius 3 is 2.78 bits per heavy atom. The molecule has 0 N–H and O–H groups in total. The van der Waals surface area contributed by atoms with Gasteiger partial charge in [-0.15, -0.1) is 0 Å². The summed E-state index contributed by atoms with van der Waals surface area (Å²) in [5.41, 5.74) is 1.58. The Balaban J connectivity index is 1.38. The van der Waals surface area contributed by atoms with E-state index in [1.165, 1.54) is 6.33 Å². The normalized spacial score (nSPS) is 15.4. The number of anilines is 1. The van der Waals surface area contributed by atoms with Crippen LogP contribution in [0.1, 0.15) is 28.9 Å². The van der Waals surface area contributed by atoms with E-state index >= 15 is 0 Å². The lowest BCUT2D eigenvalue weighted by molar-refractivity contribution is 0.0765. The fraction of sp³-hybridized carbons (Fsp3) is 0.500. The van der Waals surface area contributed by atoms with Gasteiger partial charge in [0.15, 0.2) is 0 Å². The first-order valence-electron chi connectivity index (χ1n) is 9.17. The highest BCUT2D eigenvalue weighted by Crippen LogP contribution is 2.24. The van der Waals surface area contributed by atoms with Crippen LogP contribution in [0.4, 0.5) is 5.82 Å². The second kappa shape index (κ2) is 6.98. The molecule has 1 fully saturated rings. The number of aromatic nitrogens is 6. The standard InChI is InChI=1S/C18H24N8O/c1-13-8-16(26-18(22-13)19-12-21-26)25-6-4-14(5-7-25)10-23(2)17(27)15-9-20-24(3)11-15/h8-9,11-12,14H,4-7,10H2,1-3H3. The molecule has 27 heavy (non-hydrogen) atoms. The molecule has 3 aromatic heterocycles. The maximum absolute atomic E-state index is 12.5. The summed E-state index contributed by atoms with van der Waals surface area (Å²) >= 11 is 0. The highest BCUT2D eigenvalue weighted by Gasteiger charge is 2.24. The summed E-state index contributed by atoms with van der Waals surface area (Å²) in [5.74, 6) is 2.18. The number of carbonyl (C=O) groups is 1. The number of piperidine rings is 1. The fourth-order valence-corrected chi connectivity index (χ4v) is 3.70. The highest BCUT2D eigenvalue weighted by atomic mass is 16.2. The van der Waals surface area contributed by atoms with Crippen molar-refractivity contribution in [2.75, 3.05) is 31.6 Å². The number of hydrogen-bond donors (Lipinski definition) is 0. The topological polar surface area (TPSA) is 84.5 Å². The minimum Gasteiger partial charge on any atom is -0.356 e. The number of nitrogens with zero attached hydrogens (tertiary/aromatic N) is 8. The molecular weight excluding hydrogens is 344 g/mol. The summed E-state index contributed by atoms with van der Waals surface area (Å²) in [5, 5.41) is 8.38. The molecule has 1 aliphatic rings. The quantitative estimate of drug-likeness (QED) is 0.687. The lowest BCUT2D eigenvalue weighted by atomic mass is 9.96. The van der Waals surface area contributed by atoms with Gasteiger partial charge in [0.1, 0.15) is 12.1 Å². The van der Waals surface area contributed by atoms with E-state index in [4.69, 9.17) is 0 Å². The van der Waals surface area contributed by atoms with E-state index in [-0.39, 0.29) is 5.91 Å². The lowest BCUT2D eigenvalue weighted by Gasteiger charge is -2.35. The second-order valence-electron chi connectivity index (χ2n) is 7.25. The molecule has 1 saturated heterocycles. The predicted octanol–water partition coefficient (Wildman–Crippen LogP) is 1.15. The third kappa shape index (κ3) is 3.49. The van der Waals surface area contributed by atoms with Crippen LogP contribution < -0.4 is 4.90 Å². The van der Waals surface area contributed by atoms with Gasteiger partial charge in [-0.05, 0) is 25.7 Å². The summed E-state index contributed by atoms with van der Waals surface area (Å²) < 4.78 is 3.45. The van der Waals surface area contributed by atoms with Crippen LogP contribution in [0.5, 0.6) is 0 Å². The SMILES string of the molecule is Cc1cc(N2CCC(CN(C)C(=O)c3cnn(C)c3)CC2)n2ncnc2n1. The fourth-order valence-electron chi connectivity index (χ4n) is 3.70. The lowest BCUT2D eigenvalue weighted by Crippen LogP contribution is -2.40. The van der Waals surface area contributed by atoms with Crippen LogP contribution in [-0.4, -0.2) is 66.9 Å². The van der Waals surface area contributed by atoms with Crippen molar-refractivity contribution in [3.63, 3.8) is 0 Å². The Kier molecular flexibility index (Phi) is 4.51. The molecule has 0 aliphatic carbocycles. The second-order valence-corrected chi connectivity index (χ2v) is 7.25. The third-order valence-electron chi connectivity index (χ3n) is 5.13. The van der Waals surface area contributed by atoms with E-state index < -0.39 is 0 Å². The van der Waals surface area contributed by atoms with Gasteiger partial charge in [-0.3, -0.25) is 9.48 Å². The molecule has 0 saturated carbocycles. The van der Waals surface area contributed by atoms with E-state index in [0.29, 0.717) is 17.3 Å². The van der Waals surface area contributed by atoms with E-state index in [0.717, 1.165) is 44.0 Å². The van der Waals surface area contributed by atoms with Crippen molar-refractivity contribution in [3.8, 4) is 0 Å². The van der Waals surface area contributed by atoms with Crippen LogP contribution >= 0.6 is 0 Å². The van der Waals surface area contributed by atoms with Crippen molar-refractivity contribution in [2.24, 2.45) is 13.0 Å². The van der Waals surface area contributed by atoms with Gasteiger partial charge in [-0.1, -0.05) is 0 Å². The number of rotatable bonds is 4. The van der Waals surface area contributed by atoms with Gasteiger partial charge in [0.05, 0.1) is 11.8 Å². The molecule has 3 aromatic rings. The van der Waals surface area contributed by atoms with Crippen LogP contribution in [0.2, 0.25) is 0 Å². The van der Waals surface area contributed by atoms with Gasteiger partial charge < -0.3 is 9.80 Å². The summed E-state index contributed by atoms with van der Waals surface area (Å²) in [4.78, 5) is 25.3. The summed E-state index contributed by atoms with van der Waals surface area (Å²) in [6, 6.07) is 2.06. The number of hydrogen-bond acceptors (Lipinski definition) is 6. The Morgan fingerprint density at radius 1 is 1.30 bits per heavy atom. The molecule has 9 heteroatoms. The minimum atomic E-state index is 0.0274. The number of aryl methyl sites for hydroxylation is 2. The van der Waals surface area contributed by atoms with Gasteiger partial charge in [-0.2, -0.15) is 19.7 Å². The van der Waals surface area contributed by atoms with Gasteiger partial charge in [0, 0.05) is 51.7 Å². The Hall–Kier alpha value is -2.97. The van der Waals surface area contributed by atoms with Crippen LogP contribution in [0.15, 0.2) is 24.8 Å². The summed E-state index contributed by atoms with van der Waals surface area (Å²) in [7, 11) is 3.69. The monoisotopic (exact) mass is 368 g/mol. The molecule has 0 spiro atoms. The molecule has 0 bridgehead atoms. The van der Waals surface area contributed by atoms with Gasteiger partial charge in [0.2, 0.25) is 0 Å². The average molecular weight is 368 g/mol. The number of amides is 1. The zero-order valence-electron chi connectivity index (χ0n) is 15.9. The van der Waals surface area contributed by atoms with E-state index in [9.17, 15) is 4.79 Å². The van der Waals surface area contributed by atoms with Crippen LogP contribution in [0.3, 0.4) is 0 Å². The predicted molar refractivity (Wildman–Crippen MR) is 101 cm³/mol. The van der Waals surface area contributed by atoms with Crippen molar-refractivity contribution < 1.29 is 4.79 Å². The molecule has 1 aliphatic heterocycles. The molecule has 0 aromatic carbocycles. The Morgan fingerprint density at radius 2 is 2.07 bits per heavy atom. The molecular formula is C18H24N8O. The first-order valence-corrected chi connectivity index (χ1v) is 9.17.